The fraction of sp³-hybridized carbons (Fsp3) is 0.250. The highest BCUT2D eigenvalue weighted by Crippen LogP contribution is 2.33. The molecule has 94 valence electrons. The van der Waals surface area contributed by atoms with Crippen LogP contribution in [-0.4, -0.2) is 10.2 Å². The van der Waals surface area contributed by atoms with E-state index in [9.17, 15) is 10.2 Å². The van der Waals surface area contributed by atoms with Gasteiger partial charge in [0.2, 0.25) is 0 Å². The zero-order chi connectivity index (χ0) is 13.1. The van der Waals surface area contributed by atoms with E-state index in [-0.39, 0.29) is 11.7 Å². The summed E-state index contributed by atoms with van der Waals surface area (Å²) in [6.07, 6.45) is 0.821. The highest BCUT2D eigenvalue weighted by molar-refractivity contribution is 5.46. The molecule has 2 nitrogen and oxygen atoms in total. The molecule has 18 heavy (non-hydrogen) atoms. The zero-order valence-electron chi connectivity index (χ0n) is 10.7. The lowest BCUT2D eigenvalue weighted by atomic mass is 9.90. The molecule has 0 saturated carbocycles. The van der Waals surface area contributed by atoms with Gasteiger partial charge in [-0.3, -0.25) is 0 Å². The van der Waals surface area contributed by atoms with Crippen molar-refractivity contribution in [2.24, 2.45) is 0 Å². The smallest absolute Gasteiger partial charge is 0.122 e. The van der Waals surface area contributed by atoms with Crippen LogP contribution in [0.4, 0.5) is 0 Å². The Hall–Kier alpha value is -1.96. The average molecular weight is 242 g/mol. The van der Waals surface area contributed by atoms with Gasteiger partial charge >= 0.3 is 0 Å². The van der Waals surface area contributed by atoms with Crippen molar-refractivity contribution in [1.29, 1.82) is 0 Å². The van der Waals surface area contributed by atoms with Crippen molar-refractivity contribution < 1.29 is 10.2 Å². The van der Waals surface area contributed by atoms with Crippen LogP contribution in [-0.2, 0) is 6.42 Å². The largest absolute Gasteiger partial charge is 0.508 e. The molecule has 0 radical (unpaired) electrons. The molecule has 0 aromatic heterocycles. The maximum absolute atomic E-state index is 10.2. The molecule has 0 aliphatic heterocycles. The number of para-hydroxylation sites is 1. The average Bonchev–Trinajstić information content (AvgIpc) is 2.39. The number of aromatic hydroxyl groups is 2. The summed E-state index contributed by atoms with van der Waals surface area (Å²) in [5.74, 6) is 0.759. The number of rotatable bonds is 3. The van der Waals surface area contributed by atoms with Gasteiger partial charge in [-0.05, 0) is 29.7 Å². The van der Waals surface area contributed by atoms with Crippen LogP contribution in [0, 0.1) is 0 Å². The first-order valence-electron chi connectivity index (χ1n) is 6.23. The van der Waals surface area contributed by atoms with Gasteiger partial charge < -0.3 is 10.2 Å². The van der Waals surface area contributed by atoms with Gasteiger partial charge in [0.25, 0.3) is 0 Å². The van der Waals surface area contributed by atoms with Crippen molar-refractivity contribution in [3.05, 3.63) is 59.2 Å². The molecular formula is C16H18O2. The maximum Gasteiger partial charge on any atom is 0.122 e. The van der Waals surface area contributed by atoms with Crippen LogP contribution in [0.2, 0.25) is 0 Å². The van der Waals surface area contributed by atoms with Gasteiger partial charge in [0.1, 0.15) is 11.5 Å². The zero-order valence-corrected chi connectivity index (χ0v) is 10.7. The standard InChI is InChI=1S/C16H18O2/c1-3-12-5-4-6-15(16(12)18)11(2)13-7-9-14(17)10-8-13/h4-11,17-18H,3H2,1-2H3. The Morgan fingerprint density at radius 1 is 1.00 bits per heavy atom. The Labute approximate surface area is 108 Å². The molecule has 2 aromatic carbocycles. The highest BCUT2D eigenvalue weighted by atomic mass is 16.3. The molecule has 0 spiro atoms. The summed E-state index contributed by atoms with van der Waals surface area (Å²) < 4.78 is 0. The van der Waals surface area contributed by atoms with Crippen LogP contribution in [0.15, 0.2) is 42.5 Å². The molecule has 0 fully saturated rings. The van der Waals surface area contributed by atoms with Gasteiger partial charge in [-0.25, -0.2) is 0 Å². The minimum atomic E-state index is 0.108. The molecule has 0 aliphatic carbocycles. The topological polar surface area (TPSA) is 40.5 Å². The van der Waals surface area contributed by atoms with Gasteiger partial charge in [-0.2, -0.15) is 0 Å². The summed E-state index contributed by atoms with van der Waals surface area (Å²) in [6, 6.07) is 13.0. The molecule has 1 unspecified atom stereocenters. The van der Waals surface area contributed by atoms with Crippen molar-refractivity contribution >= 4 is 0 Å². The molecule has 0 aliphatic rings. The van der Waals surface area contributed by atoms with E-state index in [1.165, 1.54) is 0 Å². The second kappa shape index (κ2) is 5.13. The van der Waals surface area contributed by atoms with E-state index < -0.39 is 0 Å². The van der Waals surface area contributed by atoms with Gasteiger partial charge in [-0.1, -0.05) is 44.2 Å². The van der Waals surface area contributed by atoms with Crippen molar-refractivity contribution in [2.75, 3.05) is 0 Å². The minimum Gasteiger partial charge on any atom is -0.508 e. The predicted molar refractivity (Wildman–Crippen MR) is 73.1 cm³/mol. The summed E-state index contributed by atoms with van der Waals surface area (Å²) in [4.78, 5) is 0. The van der Waals surface area contributed by atoms with Gasteiger partial charge in [0, 0.05) is 11.5 Å². The molecular weight excluding hydrogens is 224 g/mol. The Morgan fingerprint density at radius 2 is 1.67 bits per heavy atom. The van der Waals surface area contributed by atoms with Crippen LogP contribution in [0.25, 0.3) is 0 Å². The van der Waals surface area contributed by atoms with Crippen molar-refractivity contribution in [2.45, 2.75) is 26.2 Å². The lowest BCUT2D eigenvalue weighted by Gasteiger charge is -2.16. The van der Waals surface area contributed by atoms with Gasteiger partial charge in [0.15, 0.2) is 0 Å². The lowest BCUT2D eigenvalue weighted by molar-refractivity contribution is 0.459. The van der Waals surface area contributed by atoms with E-state index in [2.05, 4.69) is 6.92 Å². The van der Waals surface area contributed by atoms with Crippen molar-refractivity contribution in [1.82, 2.24) is 0 Å². The third-order valence-corrected chi connectivity index (χ3v) is 3.39. The fourth-order valence-electron chi connectivity index (χ4n) is 2.19. The summed E-state index contributed by atoms with van der Waals surface area (Å²) in [5, 5.41) is 19.5. The van der Waals surface area contributed by atoms with Crippen LogP contribution in [0.3, 0.4) is 0 Å². The second-order valence-electron chi connectivity index (χ2n) is 4.52. The normalized spacial score (nSPS) is 12.3. The number of benzene rings is 2. The molecule has 0 amide bonds. The maximum atomic E-state index is 10.2. The first-order chi connectivity index (χ1) is 8.63. The van der Waals surface area contributed by atoms with Crippen LogP contribution in [0.1, 0.15) is 36.5 Å². The van der Waals surface area contributed by atoms with Gasteiger partial charge in [0.05, 0.1) is 0 Å². The Morgan fingerprint density at radius 3 is 2.28 bits per heavy atom. The van der Waals surface area contributed by atoms with E-state index in [0.717, 1.165) is 23.1 Å². The van der Waals surface area contributed by atoms with E-state index in [1.807, 2.05) is 37.3 Å². The Balaban J connectivity index is 2.39. The highest BCUT2D eigenvalue weighted by Gasteiger charge is 2.14. The summed E-state index contributed by atoms with van der Waals surface area (Å²) >= 11 is 0. The van der Waals surface area contributed by atoms with Crippen LogP contribution < -0.4 is 0 Å². The van der Waals surface area contributed by atoms with E-state index in [1.54, 1.807) is 12.1 Å². The molecule has 1 atom stereocenters. The molecule has 0 heterocycles. The van der Waals surface area contributed by atoms with Gasteiger partial charge in [-0.15, -0.1) is 0 Å². The molecule has 2 rings (SSSR count). The van der Waals surface area contributed by atoms with E-state index >= 15 is 0 Å². The molecule has 0 bridgehead atoms. The number of phenolic OH excluding ortho intramolecular Hbond substituents is 2. The number of hydrogen-bond acceptors (Lipinski definition) is 2. The summed E-state index contributed by atoms with van der Waals surface area (Å²) in [7, 11) is 0. The summed E-state index contributed by atoms with van der Waals surface area (Å²) in [6.45, 7) is 4.09. The summed E-state index contributed by atoms with van der Waals surface area (Å²) in [5.41, 5.74) is 2.98. The van der Waals surface area contributed by atoms with Crippen molar-refractivity contribution in [3.63, 3.8) is 0 Å². The van der Waals surface area contributed by atoms with E-state index in [4.69, 9.17) is 0 Å². The third kappa shape index (κ3) is 2.33. The van der Waals surface area contributed by atoms with Crippen LogP contribution >= 0.6 is 0 Å². The quantitative estimate of drug-likeness (QED) is 0.859. The van der Waals surface area contributed by atoms with Crippen LogP contribution in [0.5, 0.6) is 11.5 Å². The molecule has 2 aromatic rings. The Kier molecular flexibility index (Phi) is 3.56. The Bertz CT molecular complexity index is 529. The molecule has 2 heteroatoms. The first kappa shape index (κ1) is 12.5. The molecule has 2 N–H and O–H groups in total. The second-order valence-corrected chi connectivity index (χ2v) is 4.52. The SMILES string of the molecule is CCc1cccc(C(C)c2ccc(O)cc2)c1O. The predicted octanol–water partition coefficient (Wildman–Crippen LogP) is 3.81. The number of hydrogen-bond donors (Lipinski definition) is 2. The number of aryl methyl sites for hydroxylation is 1. The first-order valence-corrected chi connectivity index (χ1v) is 6.23. The fourth-order valence-corrected chi connectivity index (χ4v) is 2.19. The lowest BCUT2D eigenvalue weighted by Crippen LogP contribution is -1.98. The third-order valence-electron chi connectivity index (χ3n) is 3.39. The minimum absolute atomic E-state index is 0.108. The van der Waals surface area contributed by atoms with Crippen molar-refractivity contribution in [3.8, 4) is 11.5 Å². The molecule has 0 saturated heterocycles. The number of phenols is 2. The monoisotopic (exact) mass is 242 g/mol. The van der Waals surface area contributed by atoms with E-state index in [0.29, 0.717) is 5.75 Å².